The number of Topliss-reactive ketones (excluding diaryl/α,β-unsaturated/α-hetero) is 1. The highest BCUT2D eigenvalue weighted by Gasteiger charge is 2.18. The third-order valence-electron chi connectivity index (χ3n) is 3.71. The number of hydrogen-bond acceptors (Lipinski definition) is 4. The van der Waals surface area contributed by atoms with Crippen molar-refractivity contribution in [3.05, 3.63) is 69.2 Å². The summed E-state index contributed by atoms with van der Waals surface area (Å²) in [6, 6.07) is 10.7. The second kappa shape index (κ2) is 7.80. The molecule has 1 aromatic carbocycles. The molecule has 0 saturated heterocycles. The third kappa shape index (κ3) is 4.27. The first kappa shape index (κ1) is 19.1. The molecular formula is C18H16BrClN2O3. The summed E-state index contributed by atoms with van der Waals surface area (Å²) in [5.74, 6) is -0.284. The molecule has 7 heteroatoms. The van der Waals surface area contributed by atoms with Crippen LogP contribution >= 0.6 is 15.9 Å². The van der Waals surface area contributed by atoms with E-state index in [1.54, 1.807) is 22.8 Å². The van der Waals surface area contributed by atoms with Crippen LogP contribution in [0, 0.1) is 0 Å². The van der Waals surface area contributed by atoms with Crippen molar-refractivity contribution in [2.24, 2.45) is 0 Å². The van der Waals surface area contributed by atoms with E-state index in [1.165, 1.54) is 0 Å². The molecule has 0 aliphatic rings. The number of aromatic nitrogens is 1. The van der Waals surface area contributed by atoms with E-state index in [9.17, 15) is 9.59 Å². The minimum atomic E-state index is -0.611. The summed E-state index contributed by atoms with van der Waals surface area (Å²) in [6.45, 7) is 0.0813. The SMILES string of the molecule is CN(C)c1cc[n+](CC(=O)c2cc3cc(Br)ccc3oc2=O)cc1.[Cl-]. The van der Waals surface area contributed by atoms with Gasteiger partial charge in [-0.1, -0.05) is 15.9 Å². The van der Waals surface area contributed by atoms with Gasteiger partial charge < -0.3 is 21.7 Å². The maximum atomic E-state index is 12.5. The lowest BCUT2D eigenvalue weighted by molar-refractivity contribution is -0.683. The first-order valence-electron chi connectivity index (χ1n) is 7.37. The van der Waals surface area contributed by atoms with E-state index in [4.69, 9.17) is 4.42 Å². The van der Waals surface area contributed by atoms with E-state index in [0.717, 1.165) is 10.2 Å². The summed E-state index contributed by atoms with van der Waals surface area (Å²) in [4.78, 5) is 26.5. The van der Waals surface area contributed by atoms with Gasteiger partial charge in [-0.2, -0.15) is 4.57 Å². The molecule has 5 nitrogen and oxygen atoms in total. The van der Waals surface area contributed by atoms with E-state index >= 15 is 0 Å². The van der Waals surface area contributed by atoms with Gasteiger partial charge in [-0.25, -0.2) is 4.79 Å². The Balaban J connectivity index is 0.00000225. The summed E-state index contributed by atoms with van der Waals surface area (Å²) in [6.07, 6.45) is 3.62. The average Bonchev–Trinajstić information content (AvgIpc) is 2.55. The quantitative estimate of drug-likeness (QED) is 0.331. The van der Waals surface area contributed by atoms with Gasteiger partial charge in [0, 0.05) is 41.8 Å². The van der Waals surface area contributed by atoms with Crippen LogP contribution in [0.4, 0.5) is 5.69 Å². The Morgan fingerprint density at radius 3 is 2.48 bits per heavy atom. The zero-order chi connectivity index (χ0) is 17.3. The van der Waals surface area contributed by atoms with Gasteiger partial charge in [0.05, 0.1) is 0 Å². The molecule has 130 valence electrons. The van der Waals surface area contributed by atoms with Gasteiger partial charge in [0.2, 0.25) is 12.3 Å². The molecule has 3 rings (SSSR count). The van der Waals surface area contributed by atoms with Crippen LogP contribution in [-0.4, -0.2) is 19.9 Å². The monoisotopic (exact) mass is 422 g/mol. The molecule has 0 saturated carbocycles. The molecular weight excluding hydrogens is 408 g/mol. The number of rotatable bonds is 4. The molecule has 0 spiro atoms. The fourth-order valence-electron chi connectivity index (χ4n) is 2.39. The van der Waals surface area contributed by atoms with E-state index in [1.807, 2.05) is 49.6 Å². The topological polar surface area (TPSA) is 54.4 Å². The van der Waals surface area contributed by atoms with Gasteiger partial charge in [-0.3, -0.25) is 4.79 Å². The van der Waals surface area contributed by atoms with Crippen molar-refractivity contribution in [1.82, 2.24) is 0 Å². The van der Waals surface area contributed by atoms with E-state index in [2.05, 4.69) is 15.9 Å². The predicted octanol–water partition coefficient (Wildman–Crippen LogP) is -0.204. The standard InChI is InChI=1S/C18H16BrN2O3.ClH/c1-20(2)14-5-7-21(8-6-14)11-16(22)15-10-12-9-13(19)3-4-17(12)24-18(15)23;/h3-10H,11H2,1-2H3;1H/q+1;/p-1. The Morgan fingerprint density at radius 2 is 1.84 bits per heavy atom. The van der Waals surface area contributed by atoms with Crippen LogP contribution in [0.5, 0.6) is 0 Å². The average molecular weight is 424 g/mol. The highest BCUT2D eigenvalue weighted by molar-refractivity contribution is 9.10. The van der Waals surface area contributed by atoms with Crippen molar-refractivity contribution < 1.29 is 26.2 Å². The molecule has 0 bridgehead atoms. The van der Waals surface area contributed by atoms with E-state index in [0.29, 0.717) is 11.0 Å². The normalized spacial score (nSPS) is 10.4. The van der Waals surface area contributed by atoms with Crippen LogP contribution < -0.4 is 27.5 Å². The molecule has 0 unspecified atom stereocenters. The number of benzene rings is 1. The number of halogens is 2. The smallest absolute Gasteiger partial charge is 0.347 e. The van der Waals surface area contributed by atoms with Crippen LogP contribution in [0.1, 0.15) is 10.4 Å². The van der Waals surface area contributed by atoms with Crippen molar-refractivity contribution in [1.29, 1.82) is 0 Å². The second-order valence-electron chi connectivity index (χ2n) is 5.68. The molecule has 2 aromatic heterocycles. The highest BCUT2D eigenvalue weighted by atomic mass is 79.9. The second-order valence-corrected chi connectivity index (χ2v) is 6.59. The van der Waals surface area contributed by atoms with Crippen molar-refractivity contribution in [2.75, 3.05) is 19.0 Å². The lowest BCUT2D eigenvalue weighted by atomic mass is 10.1. The van der Waals surface area contributed by atoms with Crippen molar-refractivity contribution in [3.8, 4) is 0 Å². The Hall–Kier alpha value is -2.18. The van der Waals surface area contributed by atoms with Crippen molar-refractivity contribution in [3.63, 3.8) is 0 Å². The fourth-order valence-corrected chi connectivity index (χ4v) is 2.77. The fraction of sp³-hybridized carbons (Fsp3) is 0.167. The molecule has 0 aliphatic carbocycles. The minimum absolute atomic E-state index is 0. The Morgan fingerprint density at radius 1 is 1.16 bits per heavy atom. The van der Waals surface area contributed by atoms with Crippen molar-refractivity contribution in [2.45, 2.75) is 6.54 Å². The Kier molecular flexibility index (Phi) is 5.98. The molecule has 0 radical (unpaired) electrons. The molecule has 0 aliphatic heterocycles. The van der Waals surface area contributed by atoms with Gasteiger partial charge in [-0.05, 0) is 24.3 Å². The maximum Gasteiger partial charge on any atom is 0.347 e. The number of hydrogen-bond donors (Lipinski definition) is 0. The molecule has 0 atom stereocenters. The van der Waals surface area contributed by atoms with Crippen LogP contribution in [0.3, 0.4) is 0 Å². The molecule has 0 amide bonds. The van der Waals surface area contributed by atoms with Crippen LogP contribution in [0.15, 0.2) is 62.5 Å². The summed E-state index contributed by atoms with van der Waals surface area (Å²) >= 11 is 3.37. The lowest BCUT2D eigenvalue weighted by Crippen LogP contribution is -3.00. The molecule has 2 heterocycles. The first-order chi connectivity index (χ1) is 11.4. The first-order valence-corrected chi connectivity index (χ1v) is 8.16. The zero-order valence-corrected chi connectivity index (χ0v) is 16.0. The third-order valence-corrected chi connectivity index (χ3v) is 4.20. The zero-order valence-electron chi connectivity index (χ0n) is 13.7. The molecule has 0 fully saturated rings. The molecule has 3 aromatic rings. The van der Waals surface area contributed by atoms with Gasteiger partial charge >= 0.3 is 5.63 Å². The van der Waals surface area contributed by atoms with Gasteiger partial charge in [-0.15, -0.1) is 0 Å². The van der Waals surface area contributed by atoms with Gasteiger partial charge in [0.15, 0.2) is 12.4 Å². The lowest BCUT2D eigenvalue weighted by Gasteiger charge is -2.10. The number of fused-ring (bicyclic) bond motifs is 1. The Bertz CT molecular complexity index is 968. The number of pyridine rings is 1. The number of carbonyl (C=O) groups excluding carboxylic acids is 1. The molecule has 0 N–H and O–H groups in total. The molecule has 25 heavy (non-hydrogen) atoms. The minimum Gasteiger partial charge on any atom is -1.00 e. The maximum absolute atomic E-state index is 12.5. The van der Waals surface area contributed by atoms with Crippen LogP contribution in [0.2, 0.25) is 0 Å². The summed E-state index contributed by atoms with van der Waals surface area (Å²) in [5.41, 5.74) is 0.946. The number of ketones is 1. The Labute approximate surface area is 159 Å². The number of nitrogens with zero attached hydrogens (tertiary/aromatic N) is 2. The predicted molar refractivity (Wildman–Crippen MR) is 95.5 cm³/mol. The summed E-state index contributed by atoms with van der Waals surface area (Å²) in [7, 11) is 3.90. The number of anilines is 1. The van der Waals surface area contributed by atoms with Gasteiger partial charge in [0.1, 0.15) is 11.1 Å². The van der Waals surface area contributed by atoms with E-state index in [-0.39, 0.29) is 30.3 Å². The largest absolute Gasteiger partial charge is 1.00 e. The summed E-state index contributed by atoms with van der Waals surface area (Å²) in [5, 5.41) is 0.709. The highest BCUT2D eigenvalue weighted by Crippen LogP contribution is 2.19. The number of carbonyl (C=O) groups is 1. The summed E-state index contributed by atoms with van der Waals surface area (Å²) < 4.78 is 7.84. The van der Waals surface area contributed by atoms with Crippen LogP contribution in [0.25, 0.3) is 11.0 Å². The van der Waals surface area contributed by atoms with Crippen molar-refractivity contribution >= 4 is 38.4 Å². The van der Waals surface area contributed by atoms with Crippen LogP contribution in [-0.2, 0) is 6.54 Å². The van der Waals surface area contributed by atoms with E-state index < -0.39 is 5.63 Å². The van der Waals surface area contributed by atoms with Gasteiger partial charge in [0.25, 0.3) is 0 Å².